The quantitative estimate of drug-likeness (QED) is 0.707. The van der Waals surface area contributed by atoms with E-state index in [4.69, 9.17) is 9.47 Å². The molecule has 0 radical (unpaired) electrons. The molecule has 0 fully saturated rings. The fraction of sp³-hybridized carbons (Fsp3) is 0.364. The Morgan fingerprint density at radius 2 is 1.75 bits per heavy atom. The van der Waals surface area contributed by atoms with E-state index in [1.165, 1.54) is 0 Å². The van der Waals surface area contributed by atoms with Gasteiger partial charge in [-0.2, -0.15) is 0 Å². The Morgan fingerprint density at radius 1 is 1.07 bits per heavy atom. The van der Waals surface area contributed by atoms with E-state index in [1.54, 1.807) is 4.90 Å². The molecule has 2 aromatic rings. The Hall–Kier alpha value is -3.02. The van der Waals surface area contributed by atoms with Crippen molar-refractivity contribution < 1.29 is 24.2 Å². The number of benzene rings is 2. The van der Waals surface area contributed by atoms with E-state index >= 15 is 0 Å². The Morgan fingerprint density at radius 3 is 2.46 bits per heavy atom. The van der Waals surface area contributed by atoms with Gasteiger partial charge in [-0.05, 0) is 36.6 Å². The molecule has 1 heterocycles. The van der Waals surface area contributed by atoms with Crippen LogP contribution in [0.2, 0.25) is 0 Å². The summed E-state index contributed by atoms with van der Waals surface area (Å²) in [7, 11) is 0. The van der Waals surface area contributed by atoms with Crippen molar-refractivity contribution >= 4 is 11.9 Å². The van der Waals surface area contributed by atoms with Gasteiger partial charge in [0.15, 0.2) is 11.5 Å². The summed E-state index contributed by atoms with van der Waals surface area (Å²) in [5, 5.41) is 9.52. The van der Waals surface area contributed by atoms with Crippen LogP contribution in [0.25, 0.3) is 0 Å². The fourth-order valence-corrected chi connectivity index (χ4v) is 3.42. The lowest BCUT2D eigenvalue weighted by Gasteiger charge is -2.33. The molecule has 1 amide bonds. The van der Waals surface area contributed by atoms with Gasteiger partial charge in [0.1, 0.15) is 0 Å². The maximum atomic E-state index is 12.6. The summed E-state index contributed by atoms with van der Waals surface area (Å²) in [6.45, 7) is 3.52. The van der Waals surface area contributed by atoms with Gasteiger partial charge in [0.25, 0.3) is 0 Å². The lowest BCUT2D eigenvalue weighted by molar-refractivity contribution is -0.141. The van der Waals surface area contributed by atoms with E-state index in [1.807, 2.05) is 55.5 Å². The van der Waals surface area contributed by atoms with E-state index in [0.29, 0.717) is 44.1 Å². The van der Waals surface area contributed by atoms with Crippen LogP contribution in [0.1, 0.15) is 36.8 Å². The summed E-state index contributed by atoms with van der Waals surface area (Å²) in [6.07, 6.45) is 0.862. The second-order valence-electron chi connectivity index (χ2n) is 6.70. The number of nitrogens with zero attached hydrogens (tertiary/aromatic N) is 1. The minimum atomic E-state index is -0.902. The SMILES string of the molecule is CCOc1ccccc1OCCCC(=O)N1Cc2ccccc2C(C(=O)O)C1. The molecule has 1 aliphatic heterocycles. The van der Waals surface area contributed by atoms with Crippen LogP contribution >= 0.6 is 0 Å². The highest BCUT2D eigenvalue weighted by molar-refractivity contribution is 5.81. The second kappa shape index (κ2) is 9.26. The van der Waals surface area contributed by atoms with Gasteiger partial charge in [-0.15, -0.1) is 0 Å². The average molecular weight is 383 g/mol. The van der Waals surface area contributed by atoms with Crippen molar-refractivity contribution in [3.63, 3.8) is 0 Å². The molecule has 6 nitrogen and oxygen atoms in total. The third-order valence-electron chi connectivity index (χ3n) is 4.79. The third-order valence-corrected chi connectivity index (χ3v) is 4.79. The molecule has 0 bridgehead atoms. The summed E-state index contributed by atoms with van der Waals surface area (Å²) in [5.74, 6) is -0.283. The van der Waals surface area contributed by atoms with Crippen LogP contribution in [0.5, 0.6) is 11.5 Å². The number of amides is 1. The van der Waals surface area contributed by atoms with E-state index in [-0.39, 0.29) is 12.5 Å². The molecule has 6 heteroatoms. The van der Waals surface area contributed by atoms with Gasteiger partial charge in [0, 0.05) is 19.5 Å². The van der Waals surface area contributed by atoms with Gasteiger partial charge < -0.3 is 19.5 Å². The van der Waals surface area contributed by atoms with Gasteiger partial charge in [0.2, 0.25) is 5.91 Å². The van der Waals surface area contributed by atoms with Gasteiger partial charge in [-0.1, -0.05) is 36.4 Å². The van der Waals surface area contributed by atoms with E-state index in [2.05, 4.69) is 0 Å². The summed E-state index contributed by atoms with van der Waals surface area (Å²) in [4.78, 5) is 25.9. The molecule has 0 aromatic heterocycles. The summed E-state index contributed by atoms with van der Waals surface area (Å²) in [6, 6.07) is 14.9. The van der Waals surface area contributed by atoms with Crippen molar-refractivity contribution in [1.82, 2.24) is 4.90 Å². The molecule has 0 saturated carbocycles. The molecule has 0 saturated heterocycles. The highest BCUT2D eigenvalue weighted by Crippen LogP contribution is 2.29. The van der Waals surface area contributed by atoms with Crippen molar-refractivity contribution in [3.05, 3.63) is 59.7 Å². The number of rotatable bonds is 8. The molecule has 0 spiro atoms. The predicted octanol–water partition coefficient (Wildman–Crippen LogP) is 3.45. The highest BCUT2D eigenvalue weighted by Gasteiger charge is 2.32. The van der Waals surface area contributed by atoms with Gasteiger partial charge in [0.05, 0.1) is 19.1 Å². The number of ether oxygens (including phenoxy) is 2. The van der Waals surface area contributed by atoms with Gasteiger partial charge in [-0.25, -0.2) is 0 Å². The number of fused-ring (bicyclic) bond motifs is 1. The van der Waals surface area contributed by atoms with Crippen molar-refractivity contribution in [2.24, 2.45) is 0 Å². The number of carboxylic acids is 1. The van der Waals surface area contributed by atoms with Crippen LogP contribution in [-0.2, 0) is 16.1 Å². The molecule has 2 aromatic carbocycles. The summed E-state index contributed by atoms with van der Waals surface area (Å²) < 4.78 is 11.3. The highest BCUT2D eigenvalue weighted by atomic mass is 16.5. The number of carbonyl (C=O) groups excluding carboxylic acids is 1. The zero-order chi connectivity index (χ0) is 19.9. The van der Waals surface area contributed by atoms with Crippen molar-refractivity contribution in [3.8, 4) is 11.5 Å². The number of carboxylic acid groups (broad SMARTS) is 1. The maximum absolute atomic E-state index is 12.6. The molecule has 1 aliphatic rings. The molecule has 3 rings (SSSR count). The first-order valence-electron chi connectivity index (χ1n) is 9.53. The first-order valence-corrected chi connectivity index (χ1v) is 9.53. The minimum Gasteiger partial charge on any atom is -0.490 e. The zero-order valence-corrected chi connectivity index (χ0v) is 16.0. The van der Waals surface area contributed by atoms with Gasteiger partial charge >= 0.3 is 5.97 Å². The number of aliphatic carboxylic acids is 1. The fourth-order valence-electron chi connectivity index (χ4n) is 3.42. The average Bonchev–Trinajstić information content (AvgIpc) is 2.71. The van der Waals surface area contributed by atoms with Crippen molar-refractivity contribution in [1.29, 1.82) is 0 Å². The Bertz CT molecular complexity index is 835. The Labute approximate surface area is 164 Å². The van der Waals surface area contributed by atoms with Crippen LogP contribution in [0.3, 0.4) is 0 Å². The zero-order valence-electron chi connectivity index (χ0n) is 16.0. The van der Waals surface area contributed by atoms with Crippen LogP contribution < -0.4 is 9.47 Å². The molecular weight excluding hydrogens is 358 g/mol. The number of para-hydroxylation sites is 2. The minimum absolute atomic E-state index is 0.0533. The number of carbonyl (C=O) groups is 2. The molecule has 0 aliphatic carbocycles. The molecule has 1 unspecified atom stereocenters. The van der Waals surface area contributed by atoms with Crippen LogP contribution in [-0.4, -0.2) is 41.6 Å². The second-order valence-corrected chi connectivity index (χ2v) is 6.70. The summed E-state index contributed by atoms with van der Waals surface area (Å²) in [5.41, 5.74) is 1.70. The van der Waals surface area contributed by atoms with E-state index in [0.717, 1.165) is 11.1 Å². The lowest BCUT2D eigenvalue weighted by atomic mass is 9.89. The molecule has 1 atom stereocenters. The molecule has 1 N–H and O–H groups in total. The molecule has 148 valence electrons. The summed E-state index contributed by atoms with van der Waals surface area (Å²) >= 11 is 0. The maximum Gasteiger partial charge on any atom is 0.312 e. The van der Waals surface area contributed by atoms with Gasteiger partial charge in [-0.3, -0.25) is 9.59 Å². The topological polar surface area (TPSA) is 76.1 Å². The number of hydrogen-bond donors (Lipinski definition) is 1. The van der Waals surface area contributed by atoms with E-state index < -0.39 is 11.9 Å². The van der Waals surface area contributed by atoms with Crippen LogP contribution in [0.4, 0.5) is 0 Å². The monoisotopic (exact) mass is 383 g/mol. The van der Waals surface area contributed by atoms with Crippen molar-refractivity contribution in [2.75, 3.05) is 19.8 Å². The molecular formula is C22H25NO5. The Kier molecular flexibility index (Phi) is 6.53. The van der Waals surface area contributed by atoms with Crippen LogP contribution in [0.15, 0.2) is 48.5 Å². The van der Waals surface area contributed by atoms with E-state index in [9.17, 15) is 14.7 Å². The van der Waals surface area contributed by atoms with Crippen molar-refractivity contribution in [2.45, 2.75) is 32.2 Å². The first-order chi connectivity index (χ1) is 13.6. The Balaban J connectivity index is 1.54. The largest absolute Gasteiger partial charge is 0.490 e. The first kappa shape index (κ1) is 19.7. The smallest absolute Gasteiger partial charge is 0.312 e. The molecule has 28 heavy (non-hydrogen) atoms. The lowest BCUT2D eigenvalue weighted by Crippen LogP contribution is -2.40. The standard InChI is InChI=1S/C22H25NO5/c1-2-27-19-10-5-6-11-20(19)28-13-7-12-21(24)23-14-16-8-3-4-9-17(16)18(15-23)22(25)26/h3-6,8-11,18H,2,7,12-15H2,1H3,(H,25,26). The normalized spacial score (nSPS) is 15.6. The third kappa shape index (κ3) is 4.63. The number of hydrogen-bond acceptors (Lipinski definition) is 4. The van der Waals surface area contributed by atoms with Crippen LogP contribution in [0, 0.1) is 0 Å². The predicted molar refractivity (Wildman–Crippen MR) is 105 cm³/mol.